The Bertz CT molecular complexity index is 747. The molecule has 1 heterocycles. The zero-order valence-corrected chi connectivity index (χ0v) is 18.8. The lowest BCUT2D eigenvalue weighted by Gasteiger charge is -2.54. The molecule has 0 aromatic heterocycles. The predicted molar refractivity (Wildman–Crippen MR) is 124 cm³/mol. The first-order chi connectivity index (χ1) is 14.6. The molecular weight excluding hydrogens is 392 g/mol. The Kier molecular flexibility index (Phi) is 6.05. The van der Waals surface area contributed by atoms with Gasteiger partial charge in [-0.2, -0.15) is 0 Å². The zero-order valence-electron chi connectivity index (χ0n) is 18.0. The van der Waals surface area contributed by atoms with Crippen molar-refractivity contribution in [3.63, 3.8) is 0 Å². The summed E-state index contributed by atoms with van der Waals surface area (Å²) in [7, 11) is 2.16. The number of thioether (sulfide) groups is 1. The molecule has 5 nitrogen and oxygen atoms in total. The number of amidine groups is 1. The summed E-state index contributed by atoms with van der Waals surface area (Å²) < 4.78 is 0. The molecule has 5 aliphatic rings. The van der Waals surface area contributed by atoms with E-state index in [1.54, 1.807) is 11.8 Å². The maximum absolute atomic E-state index is 12.9. The Morgan fingerprint density at radius 1 is 1.00 bits per heavy atom. The van der Waals surface area contributed by atoms with Crippen LogP contribution in [0.25, 0.3) is 0 Å². The fourth-order valence-electron chi connectivity index (χ4n) is 6.32. The van der Waals surface area contributed by atoms with E-state index in [0.29, 0.717) is 11.8 Å². The van der Waals surface area contributed by atoms with Crippen molar-refractivity contribution in [2.75, 3.05) is 39.0 Å². The molecule has 1 aliphatic heterocycles. The number of aliphatic imine (C=N–C) groups is 1. The molecule has 1 saturated heterocycles. The zero-order chi connectivity index (χ0) is 20.5. The van der Waals surface area contributed by atoms with E-state index in [1.807, 2.05) is 30.3 Å². The first-order valence-corrected chi connectivity index (χ1v) is 12.6. The summed E-state index contributed by atoms with van der Waals surface area (Å²) in [6.45, 7) is 4.00. The fraction of sp³-hybridized carbons (Fsp3) is 0.667. The van der Waals surface area contributed by atoms with E-state index < -0.39 is 0 Å². The second-order valence-corrected chi connectivity index (χ2v) is 10.8. The first-order valence-electron chi connectivity index (χ1n) is 11.6. The number of piperazine rings is 1. The fourth-order valence-corrected chi connectivity index (χ4v) is 7.20. The van der Waals surface area contributed by atoms with Gasteiger partial charge in [-0.05, 0) is 75.0 Å². The third-order valence-electron chi connectivity index (χ3n) is 7.64. The molecule has 6 heteroatoms. The Morgan fingerprint density at radius 2 is 1.63 bits per heavy atom. The number of amides is 1. The topological polar surface area (TPSA) is 47.9 Å². The van der Waals surface area contributed by atoms with Crippen LogP contribution in [0.15, 0.2) is 35.3 Å². The Morgan fingerprint density at radius 3 is 2.27 bits per heavy atom. The molecule has 4 saturated carbocycles. The van der Waals surface area contributed by atoms with Gasteiger partial charge in [0.15, 0.2) is 5.17 Å². The van der Waals surface area contributed by atoms with Crippen LogP contribution in [0.3, 0.4) is 0 Å². The second kappa shape index (κ2) is 8.91. The average molecular weight is 427 g/mol. The van der Waals surface area contributed by atoms with Gasteiger partial charge in [-0.15, -0.1) is 0 Å². The van der Waals surface area contributed by atoms with Crippen LogP contribution in [0.1, 0.15) is 32.1 Å². The van der Waals surface area contributed by atoms with E-state index in [-0.39, 0.29) is 5.91 Å². The highest BCUT2D eigenvalue weighted by Gasteiger charge is 2.48. The van der Waals surface area contributed by atoms with Crippen molar-refractivity contribution in [1.29, 1.82) is 0 Å². The lowest BCUT2D eigenvalue weighted by Crippen LogP contribution is -2.56. The van der Waals surface area contributed by atoms with Crippen LogP contribution < -0.4 is 5.32 Å². The van der Waals surface area contributed by atoms with Crippen molar-refractivity contribution in [3.05, 3.63) is 30.3 Å². The quantitative estimate of drug-likeness (QED) is 0.590. The molecule has 1 amide bonds. The van der Waals surface area contributed by atoms with Gasteiger partial charge in [0, 0.05) is 32.2 Å². The van der Waals surface area contributed by atoms with Crippen LogP contribution in [0.4, 0.5) is 5.69 Å². The van der Waals surface area contributed by atoms with E-state index >= 15 is 0 Å². The summed E-state index contributed by atoms with van der Waals surface area (Å²) >= 11 is 1.60. The van der Waals surface area contributed by atoms with E-state index in [2.05, 4.69) is 22.2 Å². The van der Waals surface area contributed by atoms with Crippen LogP contribution in [-0.4, -0.2) is 65.9 Å². The third-order valence-corrected chi connectivity index (χ3v) is 8.66. The standard InChI is InChI=1S/C24H34N4OS/c1-27-7-9-28(10-8-27)24(25-21-5-3-2-4-6-21)30-16-22(29)26-23-19-12-17-11-18(14-19)15-20(23)13-17/h2-6,17-20,23H,7-16H2,1H3,(H,26,29). The molecule has 0 radical (unpaired) electrons. The molecular formula is C24H34N4OS. The van der Waals surface area contributed by atoms with Gasteiger partial charge in [0.1, 0.15) is 0 Å². The normalized spacial score (nSPS) is 33.7. The smallest absolute Gasteiger partial charge is 0.230 e. The molecule has 1 aromatic rings. The van der Waals surface area contributed by atoms with Crippen molar-refractivity contribution >= 4 is 28.5 Å². The molecule has 5 fully saturated rings. The molecule has 0 spiro atoms. The van der Waals surface area contributed by atoms with Gasteiger partial charge in [-0.3, -0.25) is 4.79 Å². The number of rotatable bonds is 4. The molecule has 4 aliphatic carbocycles. The minimum atomic E-state index is 0.187. The lowest BCUT2D eigenvalue weighted by atomic mass is 9.54. The van der Waals surface area contributed by atoms with Crippen molar-refractivity contribution < 1.29 is 4.79 Å². The van der Waals surface area contributed by atoms with Crippen LogP contribution in [0.5, 0.6) is 0 Å². The molecule has 1 aromatic carbocycles. The summed E-state index contributed by atoms with van der Waals surface area (Å²) in [5.41, 5.74) is 0.959. The van der Waals surface area contributed by atoms with Crippen LogP contribution in [-0.2, 0) is 4.79 Å². The van der Waals surface area contributed by atoms with E-state index in [9.17, 15) is 4.79 Å². The summed E-state index contributed by atoms with van der Waals surface area (Å²) in [5, 5.41) is 4.43. The van der Waals surface area contributed by atoms with E-state index in [0.717, 1.165) is 60.7 Å². The number of likely N-dealkylation sites (N-methyl/N-ethyl adjacent to an activating group) is 1. The van der Waals surface area contributed by atoms with Crippen molar-refractivity contribution in [3.8, 4) is 0 Å². The van der Waals surface area contributed by atoms with Gasteiger partial charge in [-0.1, -0.05) is 30.0 Å². The van der Waals surface area contributed by atoms with Gasteiger partial charge in [-0.25, -0.2) is 4.99 Å². The number of carbonyl (C=O) groups excluding carboxylic acids is 1. The Labute approximate surface area is 184 Å². The molecule has 6 rings (SSSR count). The minimum Gasteiger partial charge on any atom is -0.352 e. The van der Waals surface area contributed by atoms with Crippen molar-refractivity contribution in [2.45, 2.75) is 38.1 Å². The number of hydrogen-bond donors (Lipinski definition) is 1. The highest BCUT2D eigenvalue weighted by atomic mass is 32.2. The molecule has 0 atom stereocenters. The minimum absolute atomic E-state index is 0.187. The Balaban J connectivity index is 1.21. The van der Waals surface area contributed by atoms with Crippen LogP contribution in [0.2, 0.25) is 0 Å². The van der Waals surface area contributed by atoms with Crippen molar-refractivity contribution in [1.82, 2.24) is 15.1 Å². The molecule has 0 unspecified atom stereocenters. The largest absolute Gasteiger partial charge is 0.352 e. The maximum Gasteiger partial charge on any atom is 0.230 e. The van der Waals surface area contributed by atoms with Gasteiger partial charge < -0.3 is 15.1 Å². The first kappa shape index (κ1) is 20.4. The maximum atomic E-state index is 12.9. The summed E-state index contributed by atoms with van der Waals surface area (Å²) in [4.78, 5) is 22.5. The number of benzene rings is 1. The Hall–Kier alpha value is -1.53. The van der Waals surface area contributed by atoms with Gasteiger partial charge in [0.25, 0.3) is 0 Å². The summed E-state index contributed by atoms with van der Waals surface area (Å²) in [6, 6.07) is 10.5. The predicted octanol–water partition coefficient (Wildman–Crippen LogP) is 3.60. The highest BCUT2D eigenvalue weighted by Crippen LogP contribution is 2.53. The molecule has 30 heavy (non-hydrogen) atoms. The van der Waals surface area contributed by atoms with Gasteiger partial charge in [0.2, 0.25) is 5.91 Å². The van der Waals surface area contributed by atoms with E-state index in [4.69, 9.17) is 4.99 Å². The van der Waals surface area contributed by atoms with Crippen LogP contribution >= 0.6 is 11.8 Å². The van der Waals surface area contributed by atoms with Crippen molar-refractivity contribution in [2.24, 2.45) is 28.7 Å². The van der Waals surface area contributed by atoms with Gasteiger partial charge >= 0.3 is 0 Å². The lowest BCUT2D eigenvalue weighted by molar-refractivity contribution is -0.122. The second-order valence-electron chi connectivity index (χ2n) is 9.83. The molecule has 4 bridgehead atoms. The molecule has 162 valence electrons. The molecule has 1 N–H and O–H groups in total. The third kappa shape index (κ3) is 4.54. The average Bonchev–Trinajstić information content (AvgIpc) is 2.74. The number of para-hydroxylation sites is 1. The summed E-state index contributed by atoms with van der Waals surface area (Å²) in [5.74, 6) is 3.98. The van der Waals surface area contributed by atoms with Gasteiger partial charge in [0.05, 0.1) is 11.4 Å². The SMILES string of the molecule is CN1CCN(C(=Nc2ccccc2)SCC(=O)NC2C3CC4CC(C3)CC2C4)CC1. The van der Waals surface area contributed by atoms with E-state index in [1.165, 1.54) is 32.1 Å². The number of carbonyl (C=O) groups is 1. The number of nitrogens with zero attached hydrogens (tertiary/aromatic N) is 3. The monoisotopic (exact) mass is 426 g/mol. The number of nitrogens with one attached hydrogen (secondary N) is 1. The van der Waals surface area contributed by atoms with Crippen LogP contribution in [0, 0.1) is 23.7 Å². The summed E-state index contributed by atoms with van der Waals surface area (Å²) in [6.07, 6.45) is 6.81. The number of hydrogen-bond acceptors (Lipinski definition) is 4. The highest BCUT2D eigenvalue weighted by molar-refractivity contribution is 8.14.